The topological polar surface area (TPSA) is 72.5 Å². The molecule has 2 rings (SSSR count). The summed E-state index contributed by atoms with van der Waals surface area (Å²) in [5.74, 6) is -0.623. The number of aryl methyl sites for hydroxylation is 2. The molecule has 0 saturated heterocycles. The molecule has 5 nitrogen and oxygen atoms in total. The summed E-state index contributed by atoms with van der Waals surface area (Å²) in [7, 11) is -3.74. The Morgan fingerprint density at radius 3 is 2.43 bits per heavy atom. The molecular formula is C17H19NO4S. The molecule has 0 amide bonds. The molecule has 0 spiro atoms. The van der Waals surface area contributed by atoms with Gasteiger partial charge in [0.1, 0.15) is 13.2 Å². The second-order valence-electron chi connectivity index (χ2n) is 5.24. The number of carbonyl (C=O) groups excluding carboxylic acids is 1. The highest BCUT2D eigenvalue weighted by molar-refractivity contribution is 7.89. The number of nitrogens with one attached hydrogen (secondary N) is 1. The van der Waals surface area contributed by atoms with E-state index in [2.05, 4.69) is 4.72 Å². The van der Waals surface area contributed by atoms with Gasteiger partial charge in [0.05, 0.1) is 4.90 Å². The van der Waals surface area contributed by atoms with E-state index in [-0.39, 0.29) is 11.5 Å². The second kappa shape index (κ2) is 7.39. The van der Waals surface area contributed by atoms with E-state index in [1.807, 2.05) is 37.3 Å². The van der Waals surface area contributed by atoms with Crippen LogP contribution in [0.3, 0.4) is 0 Å². The van der Waals surface area contributed by atoms with Gasteiger partial charge in [0.2, 0.25) is 10.0 Å². The molecule has 0 aliphatic rings. The Balaban J connectivity index is 1.92. The molecule has 0 aliphatic carbocycles. The first-order valence-corrected chi connectivity index (χ1v) is 8.63. The van der Waals surface area contributed by atoms with E-state index in [9.17, 15) is 13.2 Å². The molecule has 0 unspecified atom stereocenters. The maximum Gasteiger partial charge on any atom is 0.321 e. The van der Waals surface area contributed by atoms with Crippen LogP contribution >= 0.6 is 0 Å². The first kappa shape index (κ1) is 17.2. The smallest absolute Gasteiger partial charge is 0.321 e. The van der Waals surface area contributed by atoms with Crippen LogP contribution in [0.15, 0.2) is 53.4 Å². The highest BCUT2D eigenvalue weighted by Crippen LogP contribution is 2.16. The summed E-state index contributed by atoms with van der Waals surface area (Å²) in [5.41, 5.74) is 2.46. The molecule has 0 aliphatic heterocycles. The van der Waals surface area contributed by atoms with Gasteiger partial charge in [-0.2, -0.15) is 4.72 Å². The normalized spacial score (nSPS) is 11.2. The summed E-state index contributed by atoms with van der Waals surface area (Å²) < 4.78 is 31.8. The van der Waals surface area contributed by atoms with E-state index >= 15 is 0 Å². The Hall–Kier alpha value is -2.18. The van der Waals surface area contributed by atoms with Gasteiger partial charge in [-0.25, -0.2) is 8.42 Å². The van der Waals surface area contributed by atoms with Crippen LogP contribution in [0.25, 0.3) is 0 Å². The average Bonchev–Trinajstić information content (AvgIpc) is 2.51. The van der Waals surface area contributed by atoms with Crippen molar-refractivity contribution in [3.8, 4) is 0 Å². The number of rotatable bonds is 6. The SMILES string of the molecule is Cc1ccc(S(=O)(=O)NCC(=O)OCc2ccccc2)c(C)c1. The molecule has 2 aromatic carbocycles. The Morgan fingerprint density at radius 2 is 1.78 bits per heavy atom. The predicted octanol–water partition coefficient (Wildman–Crippen LogP) is 2.33. The minimum Gasteiger partial charge on any atom is -0.460 e. The maximum absolute atomic E-state index is 12.2. The van der Waals surface area contributed by atoms with Crippen molar-refractivity contribution in [2.45, 2.75) is 25.3 Å². The van der Waals surface area contributed by atoms with Crippen LogP contribution in [0.4, 0.5) is 0 Å². The van der Waals surface area contributed by atoms with E-state index in [4.69, 9.17) is 4.74 Å². The van der Waals surface area contributed by atoms with Crippen molar-refractivity contribution in [2.24, 2.45) is 0 Å². The summed E-state index contributed by atoms with van der Waals surface area (Å²) in [6, 6.07) is 14.2. The Labute approximate surface area is 136 Å². The highest BCUT2D eigenvalue weighted by atomic mass is 32.2. The van der Waals surface area contributed by atoms with Gasteiger partial charge in [0.15, 0.2) is 0 Å². The predicted molar refractivity (Wildman–Crippen MR) is 87.3 cm³/mol. The van der Waals surface area contributed by atoms with Crippen LogP contribution in [-0.2, 0) is 26.2 Å². The van der Waals surface area contributed by atoms with Gasteiger partial charge in [0.25, 0.3) is 0 Å². The van der Waals surface area contributed by atoms with E-state index in [0.717, 1.165) is 11.1 Å². The first-order valence-electron chi connectivity index (χ1n) is 7.15. The molecule has 0 fully saturated rings. The number of benzene rings is 2. The zero-order chi connectivity index (χ0) is 16.9. The van der Waals surface area contributed by atoms with Gasteiger partial charge in [-0.1, -0.05) is 48.0 Å². The monoisotopic (exact) mass is 333 g/mol. The fourth-order valence-corrected chi connectivity index (χ4v) is 3.31. The fraction of sp³-hybridized carbons (Fsp3) is 0.235. The average molecular weight is 333 g/mol. The summed E-state index contributed by atoms with van der Waals surface area (Å²) in [4.78, 5) is 11.8. The molecule has 0 saturated carbocycles. The number of hydrogen-bond donors (Lipinski definition) is 1. The molecule has 23 heavy (non-hydrogen) atoms. The number of esters is 1. The molecule has 0 aromatic heterocycles. The van der Waals surface area contributed by atoms with Crippen LogP contribution in [0, 0.1) is 13.8 Å². The fourth-order valence-electron chi connectivity index (χ4n) is 2.12. The molecule has 0 atom stereocenters. The highest BCUT2D eigenvalue weighted by Gasteiger charge is 2.18. The molecule has 1 N–H and O–H groups in total. The third-order valence-corrected chi connectivity index (χ3v) is 4.83. The number of sulfonamides is 1. The van der Waals surface area contributed by atoms with Gasteiger partial charge >= 0.3 is 5.97 Å². The molecule has 2 aromatic rings. The summed E-state index contributed by atoms with van der Waals surface area (Å²) in [6.07, 6.45) is 0. The Morgan fingerprint density at radius 1 is 1.09 bits per heavy atom. The van der Waals surface area contributed by atoms with Crippen LogP contribution < -0.4 is 4.72 Å². The lowest BCUT2D eigenvalue weighted by Crippen LogP contribution is -2.31. The maximum atomic E-state index is 12.2. The van der Waals surface area contributed by atoms with Crippen LogP contribution in [0.5, 0.6) is 0 Å². The van der Waals surface area contributed by atoms with Crippen molar-refractivity contribution < 1.29 is 17.9 Å². The lowest BCUT2D eigenvalue weighted by atomic mass is 10.2. The van der Waals surface area contributed by atoms with E-state index in [1.165, 1.54) is 6.07 Å². The number of ether oxygens (including phenoxy) is 1. The molecule has 0 bridgehead atoms. The van der Waals surface area contributed by atoms with Crippen molar-refractivity contribution >= 4 is 16.0 Å². The summed E-state index contributed by atoms with van der Waals surface area (Å²) in [6.45, 7) is 3.32. The van der Waals surface area contributed by atoms with E-state index in [1.54, 1.807) is 19.1 Å². The Bertz CT molecular complexity index is 785. The van der Waals surface area contributed by atoms with E-state index < -0.39 is 22.5 Å². The summed E-state index contributed by atoms with van der Waals surface area (Å²) >= 11 is 0. The van der Waals surface area contributed by atoms with E-state index in [0.29, 0.717) is 5.56 Å². The van der Waals surface area contributed by atoms with Crippen LogP contribution in [0.2, 0.25) is 0 Å². The number of carbonyl (C=O) groups is 1. The lowest BCUT2D eigenvalue weighted by Gasteiger charge is -2.10. The van der Waals surface area contributed by atoms with Crippen LogP contribution in [0.1, 0.15) is 16.7 Å². The molecule has 6 heteroatoms. The zero-order valence-electron chi connectivity index (χ0n) is 13.1. The third kappa shape index (κ3) is 4.91. The van der Waals surface area contributed by atoms with Gasteiger partial charge in [-0.05, 0) is 31.0 Å². The molecule has 122 valence electrons. The van der Waals surface area contributed by atoms with Crippen molar-refractivity contribution in [3.05, 3.63) is 65.2 Å². The largest absolute Gasteiger partial charge is 0.460 e. The van der Waals surface area contributed by atoms with Crippen LogP contribution in [-0.4, -0.2) is 20.9 Å². The lowest BCUT2D eigenvalue weighted by molar-refractivity contribution is -0.143. The van der Waals surface area contributed by atoms with Crippen molar-refractivity contribution in [3.63, 3.8) is 0 Å². The standard InChI is InChI=1S/C17H19NO4S/c1-13-8-9-16(14(2)10-13)23(20,21)18-11-17(19)22-12-15-6-4-3-5-7-15/h3-10,18H,11-12H2,1-2H3. The Kier molecular flexibility index (Phi) is 5.52. The molecule has 0 radical (unpaired) electrons. The molecule has 0 heterocycles. The summed E-state index contributed by atoms with van der Waals surface area (Å²) in [5, 5.41) is 0. The first-order chi connectivity index (χ1) is 10.9. The van der Waals surface area contributed by atoms with Gasteiger partial charge in [-0.15, -0.1) is 0 Å². The minimum absolute atomic E-state index is 0.116. The number of hydrogen-bond acceptors (Lipinski definition) is 4. The zero-order valence-corrected chi connectivity index (χ0v) is 13.9. The second-order valence-corrected chi connectivity index (χ2v) is 6.98. The molecular weight excluding hydrogens is 314 g/mol. The van der Waals surface area contributed by atoms with Crippen molar-refractivity contribution in [2.75, 3.05) is 6.54 Å². The quantitative estimate of drug-likeness (QED) is 0.824. The third-order valence-electron chi connectivity index (χ3n) is 3.27. The van der Waals surface area contributed by atoms with Gasteiger partial charge < -0.3 is 4.74 Å². The minimum atomic E-state index is -3.74. The van der Waals surface area contributed by atoms with Gasteiger partial charge in [0, 0.05) is 0 Å². The van der Waals surface area contributed by atoms with Crippen molar-refractivity contribution in [1.82, 2.24) is 4.72 Å². The van der Waals surface area contributed by atoms with Crippen molar-refractivity contribution in [1.29, 1.82) is 0 Å². The van der Waals surface area contributed by atoms with Gasteiger partial charge in [-0.3, -0.25) is 4.79 Å².